The van der Waals surface area contributed by atoms with Gasteiger partial charge in [-0.1, -0.05) is 5.10 Å². The van der Waals surface area contributed by atoms with Gasteiger partial charge in [0.2, 0.25) is 5.89 Å². The summed E-state index contributed by atoms with van der Waals surface area (Å²) in [5.74, 6) is -3.03. The molecule has 0 N–H and O–H groups in total. The van der Waals surface area contributed by atoms with Gasteiger partial charge in [-0.2, -0.15) is 13.2 Å². The molecule has 6 rings (SSSR count). The normalized spacial score (nSPS) is 24.8. The minimum Gasteiger partial charge on any atom is -0.403 e. The molecule has 0 atom stereocenters. The first kappa shape index (κ1) is 20.5. The van der Waals surface area contributed by atoms with E-state index in [9.17, 15) is 22.8 Å². The number of halogens is 3. The summed E-state index contributed by atoms with van der Waals surface area (Å²) >= 11 is 0. The minimum absolute atomic E-state index is 0.0402. The second-order valence-electron chi connectivity index (χ2n) is 7.70. The van der Waals surface area contributed by atoms with Crippen LogP contribution in [0.15, 0.2) is 40.8 Å². The van der Waals surface area contributed by atoms with Crippen molar-refractivity contribution in [2.24, 2.45) is 0 Å². The quantitative estimate of drug-likeness (QED) is 0.639. The molecule has 12 heteroatoms. The summed E-state index contributed by atoms with van der Waals surface area (Å²) in [7, 11) is 0. The monoisotopic (exact) mass is 450 g/mol. The smallest absolute Gasteiger partial charge is 0.403 e. The zero-order chi connectivity index (χ0) is 22.5. The predicted molar refractivity (Wildman–Crippen MR) is 101 cm³/mol. The highest BCUT2D eigenvalue weighted by atomic mass is 19.4. The number of carbonyl (C=O) groups is 2. The van der Waals surface area contributed by atoms with Crippen molar-refractivity contribution in [3.63, 3.8) is 0 Å². The standard InChI is InChI=1S/C20H17F3N4O5/c21-20(22,23)13-3-1-12(2-4-13)17-24-25-18(30-17)27-11-19(26-9-7-14(27)8-10-26)31-15(28)5-6-16(29)32-19/h1-6,14H,7-11H2. The van der Waals surface area contributed by atoms with Crippen molar-refractivity contribution in [2.45, 2.75) is 31.0 Å². The fourth-order valence-corrected chi connectivity index (χ4v) is 4.17. The molecule has 1 aromatic carbocycles. The van der Waals surface area contributed by atoms with Crippen molar-refractivity contribution in [2.75, 3.05) is 24.5 Å². The van der Waals surface area contributed by atoms with Gasteiger partial charge >= 0.3 is 30.0 Å². The minimum atomic E-state index is -4.45. The highest BCUT2D eigenvalue weighted by molar-refractivity contribution is 5.93. The van der Waals surface area contributed by atoms with Gasteiger partial charge in [-0.05, 0) is 37.1 Å². The number of anilines is 1. The fourth-order valence-electron chi connectivity index (χ4n) is 4.17. The second kappa shape index (κ2) is 7.33. The number of benzene rings is 1. The average molecular weight is 450 g/mol. The topological polar surface area (TPSA) is 98.0 Å². The predicted octanol–water partition coefficient (Wildman–Crippen LogP) is 2.35. The summed E-state index contributed by atoms with van der Waals surface area (Å²) in [6.07, 6.45) is -1.09. The molecule has 9 nitrogen and oxygen atoms in total. The molecule has 1 aromatic heterocycles. The van der Waals surface area contributed by atoms with Crippen LogP contribution in [0.4, 0.5) is 19.2 Å². The summed E-state index contributed by atoms with van der Waals surface area (Å²) in [6, 6.07) is 4.43. The molecule has 0 unspecified atom stereocenters. The van der Waals surface area contributed by atoms with E-state index in [2.05, 4.69) is 10.2 Å². The molecule has 4 aliphatic heterocycles. The largest absolute Gasteiger partial charge is 0.416 e. The molecule has 3 saturated heterocycles. The lowest BCUT2D eigenvalue weighted by Gasteiger charge is -2.39. The Morgan fingerprint density at radius 1 is 0.969 bits per heavy atom. The van der Waals surface area contributed by atoms with Crippen molar-refractivity contribution in [3.8, 4) is 11.5 Å². The zero-order valence-corrected chi connectivity index (χ0v) is 16.5. The van der Waals surface area contributed by atoms with Crippen molar-refractivity contribution >= 4 is 18.0 Å². The van der Waals surface area contributed by atoms with Crippen LogP contribution in [0.25, 0.3) is 11.5 Å². The number of ether oxygens (including phenoxy) is 2. The Balaban J connectivity index is 1.45. The third kappa shape index (κ3) is 3.60. The Bertz CT molecular complexity index is 1050. The Labute approximate surface area is 179 Å². The number of carbonyl (C=O) groups excluding carboxylic acids is 2. The number of esters is 2. The molecule has 1 spiro atoms. The number of piperidine rings is 1. The van der Waals surface area contributed by atoms with Crippen LogP contribution in [-0.2, 0) is 25.2 Å². The number of hydrogen-bond donors (Lipinski definition) is 0. The Hall–Kier alpha value is -3.41. The maximum Gasteiger partial charge on any atom is 0.416 e. The van der Waals surface area contributed by atoms with Crippen LogP contribution in [0, 0.1) is 0 Å². The molecule has 32 heavy (non-hydrogen) atoms. The molecular formula is C20H17F3N4O5. The van der Waals surface area contributed by atoms with E-state index in [1.165, 1.54) is 12.1 Å². The number of hydrogen-bond acceptors (Lipinski definition) is 9. The van der Waals surface area contributed by atoms with Gasteiger partial charge in [-0.15, -0.1) is 5.10 Å². The van der Waals surface area contributed by atoms with Crippen molar-refractivity contribution in [1.29, 1.82) is 0 Å². The van der Waals surface area contributed by atoms with E-state index in [1.54, 1.807) is 9.80 Å². The van der Waals surface area contributed by atoms with E-state index in [0.29, 0.717) is 31.5 Å². The number of aromatic nitrogens is 2. The van der Waals surface area contributed by atoms with Gasteiger partial charge in [-0.3, -0.25) is 0 Å². The number of fused-ring (bicyclic) bond motifs is 3. The third-order valence-electron chi connectivity index (χ3n) is 5.75. The SMILES string of the molecule is O=C1C=CC(=O)OC2(CN(c3nnc(-c4ccc(C(F)(F)F)cc4)o3)C3CCN2CC3)O1. The van der Waals surface area contributed by atoms with Gasteiger partial charge < -0.3 is 18.8 Å². The van der Waals surface area contributed by atoms with Gasteiger partial charge in [-0.25, -0.2) is 14.5 Å². The molecule has 0 amide bonds. The maximum absolute atomic E-state index is 12.8. The number of nitrogens with zero attached hydrogens (tertiary/aromatic N) is 4. The fraction of sp³-hybridized carbons (Fsp3) is 0.400. The molecule has 4 aliphatic rings. The molecular weight excluding hydrogens is 433 g/mol. The van der Waals surface area contributed by atoms with Gasteiger partial charge in [0.15, 0.2) is 0 Å². The molecule has 0 radical (unpaired) electrons. The maximum atomic E-state index is 12.8. The van der Waals surface area contributed by atoms with Crippen LogP contribution in [0.2, 0.25) is 0 Å². The lowest BCUT2D eigenvalue weighted by Crippen LogP contribution is -2.58. The molecule has 168 valence electrons. The lowest BCUT2D eigenvalue weighted by molar-refractivity contribution is -0.274. The van der Waals surface area contributed by atoms with E-state index in [1.807, 2.05) is 0 Å². The van der Waals surface area contributed by atoms with Gasteiger partial charge in [0.25, 0.3) is 0 Å². The zero-order valence-electron chi connectivity index (χ0n) is 16.5. The Morgan fingerprint density at radius 3 is 2.19 bits per heavy atom. The number of alkyl halides is 3. The third-order valence-corrected chi connectivity index (χ3v) is 5.75. The van der Waals surface area contributed by atoms with Crippen molar-refractivity contribution in [1.82, 2.24) is 15.1 Å². The average Bonchev–Trinajstić information content (AvgIpc) is 3.08. The first-order valence-corrected chi connectivity index (χ1v) is 9.90. The van der Waals surface area contributed by atoms with Crippen LogP contribution in [0.1, 0.15) is 18.4 Å². The second-order valence-corrected chi connectivity index (χ2v) is 7.70. The highest BCUT2D eigenvalue weighted by Crippen LogP contribution is 2.37. The van der Waals surface area contributed by atoms with E-state index < -0.39 is 29.6 Å². The lowest BCUT2D eigenvalue weighted by atomic mass is 10.1. The summed E-state index contributed by atoms with van der Waals surface area (Å²) in [5, 5.41) is 8.02. The first-order valence-electron chi connectivity index (χ1n) is 9.90. The molecule has 3 fully saturated rings. The molecule has 2 bridgehead atoms. The van der Waals surface area contributed by atoms with Crippen molar-refractivity contribution < 1.29 is 36.7 Å². The molecule has 0 aliphatic carbocycles. The highest BCUT2D eigenvalue weighted by Gasteiger charge is 2.53. The van der Waals surface area contributed by atoms with Crippen LogP contribution in [-0.4, -0.2) is 58.6 Å². The first-order chi connectivity index (χ1) is 15.2. The Kier molecular flexibility index (Phi) is 4.69. The van der Waals surface area contributed by atoms with Gasteiger partial charge in [0, 0.05) is 36.8 Å². The van der Waals surface area contributed by atoms with Crippen LogP contribution < -0.4 is 4.90 Å². The van der Waals surface area contributed by atoms with E-state index in [-0.39, 0.29) is 24.5 Å². The molecule has 5 heterocycles. The summed E-state index contributed by atoms with van der Waals surface area (Å²) in [5.41, 5.74) is -0.460. The van der Waals surface area contributed by atoms with Crippen LogP contribution >= 0.6 is 0 Å². The van der Waals surface area contributed by atoms with E-state index in [4.69, 9.17) is 13.9 Å². The van der Waals surface area contributed by atoms with Crippen LogP contribution in [0.3, 0.4) is 0 Å². The number of rotatable bonds is 2. The van der Waals surface area contributed by atoms with Crippen molar-refractivity contribution in [3.05, 3.63) is 42.0 Å². The van der Waals surface area contributed by atoms with Crippen LogP contribution in [0.5, 0.6) is 0 Å². The summed E-state index contributed by atoms with van der Waals surface area (Å²) < 4.78 is 55.3. The van der Waals surface area contributed by atoms with E-state index in [0.717, 1.165) is 24.3 Å². The van der Waals surface area contributed by atoms with Gasteiger partial charge in [0.1, 0.15) is 6.54 Å². The van der Waals surface area contributed by atoms with Gasteiger partial charge in [0.05, 0.1) is 5.56 Å². The Morgan fingerprint density at radius 2 is 1.59 bits per heavy atom. The molecule has 2 aromatic rings. The summed E-state index contributed by atoms with van der Waals surface area (Å²) in [4.78, 5) is 27.7. The summed E-state index contributed by atoms with van der Waals surface area (Å²) in [6.45, 7) is 0.981. The van der Waals surface area contributed by atoms with E-state index >= 15 is 0 Å². The molecule has 0 saturated carbocycles.